The van der Waals surface area contributed by atoms with Crippen LogP contribution in [0.3, 0.4) is 0 Å². The molecular formula is C29H27FN4O5S. The molecule has 206 valence electrons. The number of hydrogen-bond donors (Lipinski definition) is 1. The molecule has 0 amide bonds. The zero-order chi connectivity index (χ0) is 28.8. The summed E-state index contributed by atoms with van der Waals surface area (Å²) in [7, 11) is -3.57. The number of halogens is 1. The van der Waals surface area contributed by atoms with Crippen LogP contribution in [0, 0.1) is 33.5 Å². The predicted octanol–water partition coefficient (Wildman–Crippen LogP) is 5.97. The van der Waals surface area contributed by atoms with E-state index in [1.165, 1.54) is 12.1 Å². The van der Waals surface area contributed by atoms with E-state index >= 15 is 0 Å². The molecule has 0 radical (unpaired) electrons. The van der Waals surface area contributed by atoms with E-state index in [1.807, 2.05) is 0 Å². The Kier molecular flexibility index (Phi) is 6.92. The third-order valence-electron chi connectivity index (χ3n) is 6.47. The van der Waals surface area contributed by atoms with Crippen LogP contribution in [0.5, 0.6) is 11.5 Å². The molecule has 0 saturated carbocycles. The molecule has 5 aromatic rings. The van der Waals surface area contributed by atoms with Gasteiger partial charge >= 0.3 is 0 Å². The van der Waals surface area contributed by atoms with Crippen molar-refractivity contribution in [3.63, 3.8) is 0 Å². The van der Waals surface area contributed by atoms with Crippen LogP contribution in [0.2, 0.25) is 0 Å². The van der Waals surface area contributed by atoms with Gasteiger partial charge in [-0.2, -0.15) is 4.98 Å². The highest BCUT2D eigenvalue weighted by Crippen LogP contribution is 2.36. The van der Waals surface area contributed by atoms with Crippen LogP contribution in [-0.2, 0) is 10.0 Å². The first-order valence-electron chi connectivity index (χ1n) is 12.5. The van der Waals surface area contributed by atoms with Gasteiger partial charge in [0.15, 0.2) is 17.0 Å². The smallest absolute Gasteiger partial charge is 0.257 e. The molecule has 0 atom stereocenters. The van der Waals surface area contributed by atoms with Gasteiger partial charge in [-0.1, -0.05) is 5.16 Å². The number of aryl methyl sites for hydroxylation is 4. The van der Waals surface area contributed by atoms with Crippen molar-refractivity contribution >= 4 is 26.6 Å². The molecule has 2 heterocycles. The minimum Gasteiger partial charge on any atom is -0.455 e. The van der Waals surface area contributed by atoms with E-state index in [2.05, 4.69) is 14.9 Å². The average Bonchev–Trinajstić information content (AvgIpc) is 3.34. The summed E-state index contributed by atoms with van der Waals surface area (Å²) >= 11 is 0. The molecule has 1 N–H and O–H groups in total. The first-order chi connectivity index (χ1) is 19.0. The van der Waals surface area contributed by atoms with Gasteiger partial charge in [0, 0.05) is 22.7 Å². The van der Waals surface area contributed by atoms with Crippen LogP contribution in [-0.4, -0.2) is 28.9 Å². The van der Waals surface area contributed by atoms with Crippen molar-refractivity contribution in [2.24, 2.45) is 0 Å². The molecule has 0 fully saturated rings. The number of sulfonamides is 1. The lowest BCUT2D eigenvalue weighted by Gasteiger charge is -2.20. The maximum absolute atomic E-state index is 14.0. The van der Waals surface area contributed by atoms with Gasteiger partial charge in [0.05, 0.1) is 22.6 Å². The summed E-state index contributed by atoms with van der Waals surface area (Å²) in [6, 6.07) is 12.8. The largest absolute Gasteiger partial charge is 0.455 e. The van der Waals surface area contributed by atoms with E-state index in [0.29, 0.717) is 61.9 Å². The van der Waals surface area contributed by atoms with Crippen LogP contribution in [0.25, 0.3) is 28.0 Å². The number of anilines is 1. The Bertz CT molecular complexity index is 1920. The van der Waals surface area contributed by atoms with Crippen molar-refractivity contribution in [2.45, 2.75) is 34.6 Å². The topological polar surface area (TPSA) is 116 Å². The van der Waals surface area contributed by atoms with Crippen LogP contribution < -0.4 is 14.9 Å². The van der Waals surface area contributed by atoms with Crippen LogP contribution in [0.4, 0.5) is 10.1 Å². The molecule has 9 nitrogen and oxygen atoms in total. The zero-order valence-electron chi connectivity index (χ0n) is 22.6. The lowest BCUT2D eigenvalue weighted by molar-refractivity contribution is 0.425. The van der Waals surface area contributed by atoms with Crippen molar-refractivity contribution in [1.82, 2.24) is 14.7 Å². The Hall–Kier alpha value is -4.51. The van der Waals surface area contributed by atoms with Gasteiger partial charge in [-0.05, 0) is 94.3 Å². The molecule has 0 aliphatic carbocycles. The number of fused-ring (bicyclic) bond motifs is 1. The highest BCUT2D eigenvalue weighted by atomic mass is 32.2. The molecule has 0 unspecified atom stereocenters. The number of hydrogen-bond acceptors (Lipinski definition) is 7. The van der Waals surface area contributed by atoms with E-state index < -0.39 is 10.0 Å². The normalized spacial score (nSPS) is 11.7. The fourth-order valence-corrected chi connectivity index (χ4v) is 5.11. The maximum atomic E-state index is 14.0. The Labute approximate surface area is 230 Å². The van der Waals surface area contributed by atoms with E-state index in [9.17, 15) is 17.6 Å². The second-order valence-corrected chi connectivity index (χ2v) is 11.6. The zero-order valence-corrected chi connectivity index (χ0v) is 23.4. The molecular weight excluding hydrogens is 535 g/mol. The van der Waals surface area contributed by atoms with Crippen molar-refractivity contribution in [1.29, 1.82) is 0 Å². The molecule has 5 rings (SSSR count). The van der Waals surface area contributed by atoms with Gasteiger partial charge in [0.2, 0.25) is 10.0 Å². The van der Waals surface area contributed by atoms with Crippen molar-refractivity contribution in [3.8, 4) is 28.6 Å². The number of aromatic nitrogens is 3. The van der Waals surface area contributed by atoms with Crippen LogP contribution >= 0.6 is 0 Å². The van der Waals surface area contributed by atoms with Gasteiger partial charge < -0.3 is 13.8 Å². The minimum atomic E-state index is -3.57. The molecule has 0 aliphatic rings. The molecule has 0 bridgehead atoms. The molecule has 11 heteroatoms. The SMILES string of the molecule is CCS(=O)(=O)Nc1ccc(Oc2c(C)cc(F)cc2C)c(-n2cc(C)c(=O)c3cc(-c4nc(C)no4)ccc32)c1. The van der Waals surface area contributed by atoms with Crippen molar-refractivity contribution < 1.29 is 22.1 Å². The highest BCUT2D eigenvalue weighted by molar-refractivity contribution is 7.92. The number of benzene rings is 3. The van der Waals surface area contributed by atoms with Gasteiger partial charge in [0.1, 0.15) is 11.6 Å². The fraction of sp³-hybridized carbons (Fsp3) is 0.207. The Morgan fingerprint density at radius 2 is 1.73 bits per heavy atom. The van der Waals surface area contributed by atoms with Crippen molar-refractivity contribution in [3.05, 3.63) is 93.3 Å². The van der Waals surface area contributed by atoms with Crippen LogP contribution in [0.15, 0.2) is 64.0 Å². The van der Waals surface area contributed by atoms with E-state index in [1.54, 1.807) is 81.8 Å². The predicted molar refractivity (Wildman–Crippen MR) is 151 cm³/mol. The number of ether oxygens (including phenoxy) is 1. The molecule has 2 aromatic heterocycles. The monoisotopic (exact) mass is 562 g/mol. The standard InChI is InChI=1S/C29H27FN4O5S/c1-6-40(36,37)33-22-8-10-26(38-28-16(2)11-21(30)12-17(28)3)25(14-22)34-15-18(4)27(35)23-13-20(7-9-24(23)34)29-31-19(5)32-39-29/h7-15,33H,6H2,1-5H3. The van der Waals surface area contributed by atoms with Gasteiger partial charge in [-0.3, -0.25) is 9.52 Å². The van der Waals surface area contributed by atoms with Gasteiger partial charge in [-0.25, -0.2) is 12.8 Å². The Balaban J connectivity index is 1.75. The second-order valence-electron chi connectivity index (χ2n) is 9.55. The molecule has 0 aliphatic heterocycles. The number of rotatable bonds is 7. The first kappa shape index (κ1) is 27.1. The summed E-state index contributed by atoms with van der Waals surface area (Å²) < 4.78 is 54.6. The number of pyridine rings is 1. The van der Waals surface area contributed by atoms with Gasteiger partial charge in [0.25, 0.3) is 5.89 Å². The molecule has 0 saturated heterocycles. The van der Waals surface area contributed by atoms with Gasteiger partial charge in [-0.15, -0.1) is 0 Å². The highest BCUT2D eigenvalue weighted by Gasteiger charge is 2.18. The molecule has 40 heavy (non-hydrogen) atoms. The number of nitrogens with zero attached hydrogens (tertiary/aromatic N) is 3. The lowest BCUT2D eigenvalue weighted by Crippen LogP contribution is -2.15. The number of nitrogens with one attached hydrogen (secondary N) is 1. The second kappa shape index (κ2) is 10.2. The Morgan fingerprint density at radius 1 is 1.00 bits per heavy atom. The third kappa shape index (κ3) is 5.20. The summed E-state index contributed by atoms with van der Waals surface area (Å²) in [5.74, 6) is 1.12. The van der Waals surface area contributed by atoms with Crippen molar-refractivity contribution in [2.75, 3.05) is 10.5 Å². The quantitative estimate of drug-likeness (QED) is 0.260. The summed E-state index contributed by atoms with van der Waals surface area (Å²) in [4.78, 5) is 17.5. The van der Waals surface area contributed by atoms with E-state index in [4.69, 9.17) is 9.26 Å². The maximum Gasteiger partial charge on any atom is 0.257 e. The van der Waals surface area contributed by atoms with Crippen LogP contribution in [0.1, 0.15) is 29.4 Å². The summed E-state index contributed by atoms with van der Waals surface area (Å²) in [5.41, 5.74) is 3.38. The Morgan fingerprint density at radius 3 is 2.38 bits per heavy atom. The minimum absolute atomic E-state index is 0.105. The first-order valence-corrected chi connectivity index (χ1v) is 14.2. The van der Waals surface area contributed by atoms with E-state index in [0.717, 1.165) is 0 Å². The molecule has 0 spiro atoms. The van der Waals surface area contributed by atoms with E-state index in [-0.39, 0.29) is 22.9 Å². The lowest BCUT2D eigenvalue weighted by atomic mass is 10.1. The summed E-state index contributed by atoms with van der Waals surface area (Å²) in [6.45, 7) is 8.43. The third-order valence-corrected chi connectivity index (χ3v) is 7.77. The average molecular weight is 563 g/mol. The summed E-state index contributed by atoms with van der Waals surface area (Å²) in [6.07, 6.45) is 1.67. The summed E-state index contributed by atoms with van der Waals surface area (Å²) in [5, 5.41) is 4.23. The molecule has 3 aromatic carbocycles. The fourth-order valence-electron chi connectivity index (χ4n) is 4.48.